The Morgan fingerprint density at radius 2 is 2.28 bits per heavy atom. The minimum atomic E-state index is -0.502. The van der Waals surface area contributed by atoms with Gasteiger partial charge in [-0.3, -0.25) is 9.48 Å². The largest absolute Gasteiger partial charge is 0.383 e. The van der Waals surface area contributed by atoms with Crippen LogP contribution in [-0.2, 0) is 16.1 Å². The molecule has 1 heterocycles. The second-order valence-electron chi connectivity index (χ2n) is 4.24. The number of ether oxygens (including phenoxy) is 1. The third kappa shape index (κ3) is 5.03. The summed E-state index contributed by atoms with van der Waals surface area (Å²) in [4.78, 5) is 11.7. The maximum Gasteiger partial charge on any atom is 0.241 e. The number of aromatic nitrogens is 2. The minimum Gasteiger partial charge on any atom is -0.383 e. The summed E-state index contributed by atoms with van der Waals surface area (Å²) < 4.78 is 6.65. The second-order valence-corrected chi connectivity index (χ2v) is 4.24. The third-order valence-corrected chi connectivity index (χ3v) is 2.45. The lowest BCUT2D eigenvalue weighted by atomic mass is 10.1. The van der Waals surface area contributed by atoms with E-state index in [2.05, 4.69) is 10.4 Å². The van der Waals surface area contributed by atoms with Gasteiger partial charge in [0.15, 0.2) is 0 Å². The van der Waals surface area contributed by atoms with E-state index in [1.807, 2.05) is 13.8 Å². The quantitative estimate of drug-likeness (QED) is 0.808. The zero-order valence-electron chi connectivity index (χ0n) is 10.9. The fourth-order valence-corrected chi connectivity index (χ4v) is 1.26. The number of halogens is 1. The number of anilines is 1. The van der Waals surface area contributed by atoms with Crippen molar-refractivity contribution < 1.29 is 9.53 Å². The van der Waals surface area contributed by atoms with Gasteiger partial charge in [-0.25, -0.2) is 0 Å². The second kappa shape index (κ2) is 8.07. The number of carbonyl (C=O) groups excluding carboxylic acids is 1. The molecule has 7 heteroatoms. The van der Waals surface area contributed by atoms with Crippen LogP contribution in [-0.4, -0.2) is 35.4 Å². The highest BCUT2D eigenvalue weighted by Gasteiger charge is 2.17. The number of methoxy groups -OCH3 is 1. The predicted molar refractivity (Wildman–Crippen MR) is 72.8 cm³/mol. The first-order valence-corrected chi connectivity index (χ1v) is 5.62. The summed E-state index contributed by atoms with van der Waals surface area (Å²) in [5, 5.41) is 6.82. The highest BCUT2D eigenvalue weighted by Crippen LogP contribution is 2.07. The number of hydrogen-bond acceptors (Lipinski definition) is 4. The summed E-state index contributed by atoms with van der Waals surface area (Å²) in [5.41, 5.74) is 6.39. The molecule has 1 rings (SSSR count). The van der Waals surface area contributed by atoms with E-state index in [0.717, 1.165) is 0 Å². The molecule has 1 aromatic rings. The number of nitrogens with one attached hydrogen (secondary N) is 1. The van der Waals surface area contributed by atoms with Crippen LogP contribution in [0.25, 0.3) is 0 Å². The molecule has 1 atom stereocenters. The zero-order chi connectivity index (χ0) is 12.8. The number of rotatable bonds is 6. The molecule has 6 nitrogen and oxygen atoms in total. The van der Waals surface area contributed by atoms with Crippen LogP contribution in [0.5, 0.6) is 0 Å². The van der Waals surface area contributed by atoms with Crippen LogP contribution in [0, 0.1) is 5.92 Å². The predicted octanol–water partition coefficient (Wildman–Crippen LogP) is 0.873. The number of amides is 1. The molecule has 1 amide bonds. The molecule has 3 N–H and O–H groups in total. The molecule has 0 aliphatic carbocycles. The van der Waals surface area contributed by atoms with Gasteiger partial charge in [0.1, 0.15) is 0 Å². The molecule has 18 heavy (non-hydrogen) atoms. The fraction of sp³-hybridized carbons (Fsp3) is 0.636. The van der Waals surface area contributed by atoms with E-state index < -0.39 is 6.04 Å². The van der Waals surface area contributed by atoms with Gasteiger partial charge in [0.2, 0.25) is 5.91 Å². The Morgan fingerprint density at radius 3 is 2.83 bits per heavy atom. The monoisotopic (exact) mass is 276 g/mol. The molecule has 0 fully saturated rings. The molecule has 0 bridgehead atoms. The Balaban J connectivity index is 0.00000289. The molecular weight excluding hydrogens is 256 g/mol. The molecule has 0 aromatic carbocycles. The molecule has 0 saturated carbocycles. The average molecular weight is 277 g/mol. The van der Waals surface area contributed by atoms with Gasteiger partial charge in [0.05, 0.1) is 31.1 Å². The molecule has 0 radical (unpaired) electrons. The smallest absolute Gasteiger partial charge is 0.241 e. The summed E-state index contributed by atoms with van der Waals surface area (Å²) in [5.74, 6) is -0.0789. The molecule has 0 saturated heterocycles. The number of carbonyl (C=O) groups is 1. The van der Waals surface area contributed by atoms with Crippen LogP contribution in [0.15, 0.2) is 12.4 Å². The highest BCUT2D eigenvalue weighted by atomic mass is 35.5. The minimum absolute atomic E-state index is 0. The van der Waals surface area contributed by atoms with Gasteiger partial charge >= 0.3 is 0 Å². The SMILES string of the molecule is COCCn1cc(NC(=O)[C@@H](N)C(C)C)cn1.Cl. The van der Waals surface area contributed by atoms with Crippen molar-refractivity contribution in [1.82, 2.24) is 9.78 Å². The van der Waals surface area contributed by atoms with Crippen molar-refractivity contribution in [3.63, 3.8) is 0 Å². The first-order valence-electron chi connectivity index (χ1n) is 5.62. The normalized spacial score (nSPS) is 12.1. The number of nitrogens with zero attached hydrogens (tertiary/aromatic N) is 2. The van der Waals surface area contributed by atoms with Crippen molar-refractivity contribution in [2.24, 2.45) is 11.7 Å². The first-order chi connectivity index (χ1) is 8.04. The Morgan fingerprint density at radius 1 is 1.61 bits per heavy atom. The van der Waals surface area contributed by atoms with E-state index >= 15 is 0 Å². The lowest BCUT2D eigenvalue weighted by Gasteiger charge is -2.14. The van der Waals surface area contributed by atoms with Crippen molar-refractivity contribution in [2.45, 2.75) is 26.4 Å². The van der Waals surface area contributed by atoms with Gasteiger partial charge in [-0.15, -0.1) is 12.4 Å². The van der Waals surface area contributed by atoms with Crippen LogP contribution >= 0.6 is 12.4 Å². The van der Waals surface area contributed by atoms with E-state index in [0.29, 0.717) is 18.8 Å². The van der Waals surface area contributed by atoms with Gasteiger partial charge in [0, 0.05) is 13.3 Å². The first kappa shape index (κ1) is 16.9. The lowest BCUT2D eigenvalue weighted by Crippen LogP contribution is -2.39. The fourth-order valence-electron chi connectivity index (χ4n) is 1.26. The van der Waals surface area contributed by atoms with Crippen molar-refractivity contribution in [1.29, 1.82) is 0 Å². The third-order valence-electron chi connectivity index (χ3n) is 2.45. The van der Waals surface area contributed by atoms with E-state index in [-0.39, 0.29) is 24.2 Å². The molecule has 104 valence electrons. The van der Waals surface area contributed by atoms with Gasteiger partial charge in [-0.2, -0.15) is 5.10 Å². The number of hydrogen-bond donors (Lipinski definition) is 2. The summed E-state index contributed by atoms with van der Waals surface area (Å²) in [7, 11) is 1.63. The van der Waals surface area contributed by atoms with Crippen molar-refractivity contribution in [3.05, 3.63) is 12.4 Å². The van der Waals surface area contributed by atoms with Gasteiger partial charge < -0.3 is 15.8 Å². The van der Waals surface area contributed by atoms with Gasteiger partial charge in [-0.05, 0) is 5.92 Å². The van der Waals surface area contributed by atoms with Crippen LogP contribution in [0.3, 0.4) is 0 Å². The maximum atomic E-state index is 11.7. The standard InChI is InChI=1S/C11H20N4O2.ClH/c1-8(2)10(12)11(16)14-9-6-13-15(7-9)4-5-17-3;/h6-8,10H,4-5,12H2,1-3H3,(H,14,16);1H/t10-;/m0./s1. The Hall–Kier alpha value is -1.11. The van der Waals surface area contributed by atoms with Crippen molar-refractivity contribution in [2.75, 3.05) is 19.0 Å². The molecule has 0 unspecified atom stereocenters. The lowest BCUT2D eigenvalue weighted by molar-refractivity contribution is -0.118. The highest BCUT2D eigenvalue weighted by molar-refractivity contribution is 5.94. The summed E-state index contributed by atoms with van der Waals surface area (Å²) in [6.45, 7) is 5.06. The topological polar surface area (TPSA) is 82.2 Å². The molecule has 0 spiro atoms. The molecule has 0 aliphatic heterocycles. The molecule has 1 aromatic heterocycles. The van der Waals surface area contributed by atoms with E-state index in [4.69, 9.17) is 10.5 Å². The Bertz CT molecular complexity index is 368. The summed E-state index contributed by atoms with van der Waals surface area (Å²) in [6, 6.07) is -0.502. The van der Waals surface area contributed by atoms with E-state index in [1.54, 1.807) is 24.2 Å². The van der Waals surface area contributed by atoms with Crippen LogP contribution in [0.1, 0.15) is 13.8 Å². The summed E-state index contributed by atoms with van der Waals surface area (Å²) >= 11 is 0. The molecule has 0 aliphatic rings. The van der Waals surface area contributed by atoms with Crippen LogP contribution < -0.4 is 11.1 Å². The Kier molecular flexibility index (Phi) is 7.58. The summed E-state index contributed by atoms with van der Waals surface area (Å²) in [6.07, 6.45) is 3.35. The molecular formula is C11H21ClN4O2. The van der Waals surface area contributed by atoms with Gasteiger partial charge in [-0.1, -0.05) is 13.8 Å². The number of nitrogens with two attached hydrogens (primary N) is 1. The van der Waals surface area contributed by atoms with Crippen molar-refractivity contribution >= 4 is 24.0 Å². The van der Waals surface area contributed by atoms with Crippen LogP contribution in [0.2, 0.25) is 0 Å². The van der Waals surface area contributed by atoms with E-state index in [9.17, 15) is 4.79 Å². The van der Waals surface area contributed by atoms with Crippen LogP contribution in [0.4, 0.5) is 5.69 Å². The van der Waals surface area contributed by atoms with Crippen molar-refractivity contribution in [3.8, 4) is 0 Å². The Labute approximate surface area is 113 Å². The van der Waals surface area contributed by atoms with Gasteiger partial charge in [0.25, 0.3) is 0 Å². The maximum absolute atomic E-state index is 11.7. The average Bonchev–Trinajstić information content (AvgIpc) is 2.72. The zero-order valence-corrected chi connectivity index (χ0v) is 11.7. The van der Waals surface area contributed by atoms with E-state index in [1.165, 1.54) is 0 Å².